The summed E-state index contributed by atoms with van der Waals surface area (Å²) in [6.45, 7) is 0. The van der Waals surface area contributed by atoms with Crippen LogP contribution in [0.25, 0.3) is 0 Å². The monoisotopic (exact) mass is 282 g/mol. The minimum Gasteiger partial charge on any atom is -0.493 e. The molecular weight excluding hydrogens is 268 g/mol. The number of hydrogen-bond donors (Lipinski definition) is 1. The quantitative estimate of drug-likeness (QED) is 0.687. The largest absolute Gasteiger partial charge is 0.493 e. The minimum atomic E-state index is -0.273. The maximum atomic E-state index is 12.5. The zero-order valence-corrected chi connectivity index (χ0v) is 11.7. The Hall–Kier alpha value is -3.00. The summed E-state index contributed by atoms with van der Waals surface area (Å²) in [4.78, 5) is 12.5. The van der Waals surface area contributed by atoms with Crippen molar-refractivity contribution in [2.24, 2.45) is 0 Å². The molecule has 106 valence electrons. The van der Waals surface area contributed by atoms with Crippen LogP contribution in [-0.2, 0) is 0 Å². The standard InChI is InChI=1S/C16H14N2O3/c1-20-14-7-12(13(18)8-15(14)21-2)16(19)11-5-3-4-10(6-11)9-17/h3-8H,18H2,1-2H3. The first kappa shape index (κ1) is 14.4. The van der Waals surface area contributed by atoms with E-state index in [0.717, 1.165) is 0 Å². The lowest BCUT2D eigenvalue weighted by Crippen LogP contribution is -2.07. The number of rotatable bonds is 4. The number of ether oxygens (including phenoxy) is 2. The van der Waals surface area contributed by atoms with Crippen molar-refractivity contribution in [1.82, 2.24) is 0 Å². The number of nitriles is 1. The van der Waals surface area contributed by atoms with Gasteiger partial charge in [0.25, 0.3) is 0 Å². The van der Waals surface area contributed by atoms with Gasteiger partial charge in [-0.3, -0.25) is 4.79 Å². The van der Waals surface area contributed by atoms with Crippen molar-refractivity contribution in [3.63, 3.8) is 0 Å². The van der Waals surface area contributed by atoms with E-state index in [9.17, 15) is 4.79 Å². The van der Waals surface area contributed by atoms with Gasteiger partial charge in [-0.15, -0.1) is 0 Å². The summed E-state index contributed by atoms with van der Waals surface area (Å²) in [5.41, 5.74) is 7.32. The molecule has 0 aliphatic rings. The van der Waals surface area contributed by atoms with E-state index in [-0.39, 0.29) is 5.78 Å². The Morgan fingerprint density at radius 2 is 1.81 bits per heavy atom. The molecule has 0 unspecified atom stereocenters. The lowest BCUT2D eigenvalue weighted by atomic mass is 9.99. The van der Waals surface area contributed by atoms with Gasteiger partial charge in [0.1, 0.15) is 0 Å². The number of carbonyl (C=O) groups excluding carboxylic acids is 1. The predicted octanol–water partition coefficient (Wildman–Crippen LogP) is 2.39. The fraction of sp³-hybridized carbons (Fsp3) is 0.125. The smallest absolute Gasteiger partial charge is 0.195 e. The normalized spacial score (nSPS) is 9.76. The van der Waals surface area contributed by atoms with E-state index in [1.807, 2.05) is 6.07 Å². The molecule has 5 heteroatoms. The molecule has 0 atom stereocenters. The molecule has 0 saturated heterocycles. The van der Waals surface area contributed by atoms with Gasteiger partial charge in [0, 0.05) is 22.9 Å². The van der Waals surface area contributed by atoms with Gasteiger partial charge in [-0.05, 0) is 18.2 Å². The highest BCUT2D eigenvalue weighted by Crippen LogP contribution is 2.33. The first-order valence-corrected chi connectivity index (χ1v) is 6.17. The number of methoxy groups -OCH3 is 2. The molecule has 0 amide bonds. The third-order valence-corrected chi connectivity index (χ3v) is 3.05. The minimum absolute atomic E-state index is 0.273. The lowest BCUT2D eigenvalue weighted by Gasteiger charge is -2.12. The Kier molecular flexibility index (Phi) is 4.10. The summed E-state index contributed by atoms with van der Waals surface area (Å²) >= 11 is 0. The highest BCUT2D eigenvalue weighted by atomic mass is 16.5. The molecule has 0 aliphatic carbocycles. The summed E-state index contributed by atoms with van der Waals surface area (Å²) in [5, 5.41) is 8.90. The first-order chi connectivity index (χ1) is 10.1. The van der Waals surface area contributed by atoms with E-state index in [4.69, 9.17) is 20.5 Å². The van der Waals surface area contributed by atoms with E-state index in [1.54, 1.807) is 24.3 Å². The Labute approximate surface area is 122 Å². The number of ketones is 1. The van der Waals surface area contributed by atoms with E-state index in [2.05, 4.69) is 0 Å². The van der Waals surface area contributed by atoms with Gasteiger partial charge >= 0.3 is 0 Å². The van der Waals surface area contributed by atoms with Crippen molar-refractivity contribution < 1.29 is 14.3 Å². The average Bonchev–Trinajstić information content (AvgIpc) is 2.53. The lowest BCUT2D eigenvalue weighted by molar-refractivity contribution is 0.103. The molecule has 2 N–H and O–H groups in total. The highest BCUT2D eigenvalue weighted by Gasteiger charge is 2.17. The number of hydrogen-bond acceptors (Lipinski definition) is 5. The third kappa shape index (κ3) is 2.79. The van der Waals surface area contributed by atoms with Gasteiger partial charge in [-0.1, -0.05) is 12.1 Å². The molecule has 5 nitrogen and oxygen atoms in total. The van der Waals surface area contributed by atoms with E-state index >= 15 is 0 Å². The van der Waals surface area contributed by atoms with E-state index in [0.29, 0.717) is 33.9 Å². The maximum Gasteiger partial charge on any atom is 0.195 e. The molecule has 0 bridgehead atoms. The number of anilines is 1. The summed E-state index contributed by atoms with van der Waals surface area (Å²) in [6, 6.07) is 11.5. The Morgan fingerprint density at radius 1 is 1.14 bits per heavy atom. The van der Waals surface area contributed by atoms with Crippen LogP contribution in [0.15, 0.2) is 36.4 Å². The molecule has 0 spiro atoms. The number of benzene rings is 2. The Balaban J connectivity index is 2.50. The van der Waals surface area contributed by atoms with Gasteiger partial charge in [0.05, 0.1) is 25.9 Å². The second-order valence-electron chi connectivity index (χ2n) is 4.32. The molecule has 0 saturated carbocycles. The topological polar surface area (TPSA) is 85.3 Å². The molecule has 2 aromatic rings. The average molecular weight is 282 g/mol. The number of carbonyl (C=O) groups is 1. The summed E-state index contributed by atoms with van der Waals surface area (Å²) < 4.78 is 10.3. The van der Waals surface area contributed by atoms with E-state index in [1.165, 1.54) is 26.4 Å². The first-order valence-electron chi connectivity index (χ1n) is 6.17. The van der Waals surface area contributed by atoms with Gasteiger partial charge in [0.2, 0.25) is 0 Å². The molecule has 0 fully saturated rings. The number of nitrogen functional groups attached to an aromatic ring is 1. The van der Waals surface area contributed by atoms with Gasteiger partial charge in [-0.25, -0.2) is 0 Å². The molecule has 2 aromatic carbocycles. The molecule has 2 rings (SSSR count). The van der Waals surface area contributed by atoms with Crippen LogP contribution in [0, 0.1) is 11.3 Å². The van der Waals surface area contributed by atoms with Gasteiger partial charge in [0.15, 0.2) is 17.3 Å². The third-order valence-electron chi connectivity index (χ3n) is 3.05. The number of nitrogens with two attached hydrogens (primary N) is 1. The van der Waals surface area contributed by atoms with Crippen molar-refractivity contribution in [2.75, 3.05) is 20.0 Å². The SMILES string of the molecule is COc1cc(N)c(C(=O)c2cccc(C#N)c2)cc1OC. The predicted molar refractivity (Wildman–Crippen MR) is 78.5 cm³/mol. The molecule has 21 heavy (non-hydrogen) atoms. The molecule has 0 aliphatic heterocycles. The van der Waals surface area contributed by atoms with Crippen molar-refractivity contribution in [3.8, 4) is 17.6 Å². The zero-order valence-electron chi connectivity index (χ0n) is 11.7. The fourth-order valence-electron chi connectivity index (χ4n) is 1.98. The molecule has 0 aromatic heterocycles. The number of nitrogens with zero attached hydrogens (tertiary/aromatic N) is 1. The Morgan fingerprint density at radius 3 is 2.43 bits per heavy atom. The zero-order chi connectivity index (χ0) is 15.4. The summed E-state index contributed by atoms with van der Waals surface area (Å²) in [7, 11) is 2.98. The molecular formula is C16H14N2O3. The molecule has 0 heterocycles. The fourth-order valence-corrected chi connectivity index (χ4v) is 1.98. The summed E-state index contributed by atoms with van der Waals surface area (Å²) in [6.07, 6.45) is 0. The van der Waals surface area contributed by atoms with Crippen LogP contribution >= 0.6 is 0 Å². The van der Waals surface area contributed by atoms with Crippen LogP contribution in [0.3, 0.4) is 0 Å². The van der Waals surface area contributed by atoms with Crippen LogP contribution < -0.4 is 15.2 Å². The van der Waals surface area contributed by atoms with Crippen LogP contribution in [0.2, 0.25) is 0 Å². The maximum absolute atomic E-state index is 12.5. The van der Waals surface area contributed by atoms with Gasteiger partial charge in [-0.2, -0.15) is 5.26 Å². The van der Waals surface area contributed by atoms with Crippen LogP contribution in [0.4, 0.5) is 5.69 Å². The van der Waals surface area contributed by atoms with Crippen molar-refractivity contribution >= 4 is 11.5 Å². The highest BCUT2D eigenvalue weighted by molar-refractivity contribution is 6.12. The van der Waals surface area contributed by atoms with Gasteiger partial charge < -0.3 is 15.2 Å². The van der Waals surface area contributed by atoms with Crippen molar-refractivity contribution in [3.05, 3.63) is 53.1 Å². The van der Waals surface area contributed by atoms with Crippen LogP contribution in [-0.4, -0.2) is 20.0 Å². The second-order valence-corrected chi connectivity index (χ2v) is 4.32. The summed E-state index contributed by atoms with van der Waals surface area (Å²) in [5.74, 6) is 0.606. The van der Waals surface area contributed by atoms with Crippen LogP contribution in [0.1, 0.15) is 21.5 Å². The second kappa shape index (κ2) is 5.97. The van der Waals surface area contributed by atoms with Crippen molar-refractivity contribution in [2.45, 2.75) is 0 Å². The van der Waals surface area contributed by atoms with Crippen molar-refractivity contribution in [1.29, 1.82) is 5.26 Å². The van der Waals surface area contributed by atoms with E-state index < -0.39 is 0 Å². The Bertz CT molecular complexity index is 733. The van der Waals surface area contributed by atoms with Crippen LogP contribution in [0.5, 0.6) is 11.5 Å². The molecule has 0 radical (unpaired) electrons.